The lowest BCUT2D eigenvalue weighted by atomic mass is 10.2. The van der Waals surface area contributed by atoms with Crippen LogP contribution in [0.15, 0.2) is 305 Å². The number of halogens is 4. The van der Waals surface area contributed by atoms with Gasteiger partial charge in [-0.05, 0) is 74.5 Å². The standard InChI is InChI=1S/C12H10O2S.2C7H8.2C6H5ClO2S.C6H5Cl.2C6H6.C2H6O2S.CH3ClO2S/c13-15(14,11-7-3-1-4-8-11)12-9-5-2-6-10-12;2*1-7-5-3-2-4-6-7;2*7-10(8,9)6-4-2-1-3-5-6;7-6-4-2-1-3-5-6;2*1-2-4-6-5-3-1;2*1-5(2,3)4/h1-10H;2*2-6H,1H3;2*1-5H;1-5H;2*1-6H;1-2H3;1H3. The van der Waals surface area contributed by atoms with E-state index in [-0.39, 0.29) is 9.79 Å². The molecule has 0 fully saturated rings. The van der Waals surface area contributed by atoms with E-state index in [2.05, 4.69) is 48.8 Å². The van der Waals surface area contributed by atoms with E-state index in [1.165, 1.54) is 35.4 Å². The SMILES string of the molecule is CS(=O)(=O)Cl.CS(C)(=O)=O.Cc1ccccc1.Cc1ccccc1.Clc1ccccc1.O=S(=O)(Cl)c1ccccc1.O=S(=O)(Cl)c1ccccc1.O=S(=O)(c1ccccc1)c1ccccc1.c1ccccc1.c1ccccc1. The number of hydrogen-bond donors (Lipinski definition) is 0. The van der Waals surface area contributed by atoms with Gasteiger partial charge in [-0.3, -0.25) is 0 Å². The van der Waals surface area contributed by atoms with Gasteiger partial charge in [0, 0.05) is 49.6 Å². The first-order valence-corrected chi connectivity index (χ1v) is 34.2. The van der Waals surface area contributed by atoms with Gasteiger partial charge >= 0.3 is 0 Å². The Kier molecular flexibility index (Phi) is 37.8. The third-order valence-electron chi connectivity index (χ3n) is 8.10. The van der Waals surface area contributed by atoms with Crippen molar-refractivity contribution in [2.24, 2.45) is 0 Å². The molecule has 78 heavy (non-hydrogen) atoms. The van der Waals surface area contributed by atoms with Crippen molar-refractivity contribution in [3.8, 4) is 0 Å². The molecule has 9 rings (SSSR count). The molecule has 9 aromatic carbocycles. The smallest absolute Gasteiger partial charge is 0.229 e. The monoisotopic (exact) mass is 1230 g/mol. The zero-order valence-corrected chi connectivity index (χ0v) is 50.4. The van der Waals surface area contributed by atoms with E-state index in [0.29, 0.717) is 9.79 Å². The quantitative estimate of drug-likeness (QED) is 0.154. The maximum atomic E-state index is 12.0. The highest BCUT2D eigenvalue weighted by atomic mass is 35.7. The summed E-state index contributed by atoms with van der Waals surface area (Å²) in [6.07, 6.45) is 3.24. The highest BCUT2D eigenvalue weighted by molar-refractivity contribution is 8.14. The van der Waals surface area contributed by atoms with E-state index in [0.717, 1.165) is 23.8 Å². The molecule has 0 aliphatic carbocycles. The fourth-order valence-corrected chi connectivity index (χ4v) is 7.78. The van der Waals surface area contributed by atoms with Crippen molar-refractivity contribution in [1.29, 1.82) is 0 Å². The van der Waals surface area contributed by atoms with Crippen molar-refractivity contribution < 1.29 is 42.1 Å². The summed E-state index contributed by atoms with van der Waals surface area (Å²) in [6.45, 7) is 4.17. The summed E-state index contributed by atoms with van der Waals surface area (Å²) in [7, 11) is -1.70. The second-order valence-electron chi connectivity index (χ2n) is 15.4. The number of rotatable bonds is 4. The first-order chi connectivity index (χ1) is 36.6. The number of sulfone groups is 2. The van der Waals surface area contributed by atoms with Crippen LogP contribution < -0.4 is 0 Å². The predicted molar refractivity (Wildman–Crippen MR) is 325 cm³/mol. The highest BCUT2D eigenvalue weighted by Crippen LogP contribution is 2.19. The number of hydrogen-bond acceptors (Lipinski definition) is 10. The van der Waals surface area contributed by atoms with Crippen LogP contribution in [0.1, 0.15) is 11.1 Å². The number of benzene rings is 9. The summed E-state index contributed by atoms with van der Waals surface area (Å²) in [5, 5.41) is 0.794. The van der Waals surface area contributed by atoms with Crippen LogP contribution in [0.2, 0.25) is 5.02 Å². The van der Waals surface area contributed by atoms with Crippen LogP contribution in [0.3, 0.4) is 0 Å². The highest BCUT2D eigenvalue weighted by Gasteiger charge is 2.15. The Hall–Kier alpha value is -6.11. The zero-order valence-electron chi connectivity index (χ0n) is 43.3. The molecule has 416 valence electrons. The normalized spacial score (nSPS) is 10.1. The molecule has 0 heterocycles. The molecule has 0 aliphatic heterocycles. The molecule has 0 N–H and O–H groups in total. The van der Waals surface area contributed by atoms with Gasteiger partial charge in [0.1, 0.15) is 9.84 Å². The molecule has 0 saturated heterocycles. The third kappa shape index (κ3) is 45.0. The molecule has 19 heteroatoms. The minimum absolute atomic E-state index is 0.136. The van der Waals surface area contributed by atoms with Crippen LogP contribution in [0.5, 0.6) is 0 Å². The van der Waals surface area contributed by atoms with Crippen molar-refractivity contribution >= 4 is 90.5 Å². The van der Waals surface area contributed by atoms with Gasteiger partial charge in [0.2, 0.25) is 18.9 Å². The molecule has 0 bridgehead atoms. The first-order valence-electron chi connectivity index (χ1n) is 22.7. The second kappa shape index (κ2) is 41.0. The topological polar surface area (TPSA) is 171 Å². The fourth-order valence-electron chi connectivity index (χ4n) is 4.75. The van der Waals surface area contributed by atoms with Crippen molar-refractivity contribution in [2.75, 3.05) is 18.8 Å². The molecule has 0 atom stereocenters. The molecular weight excluding hydrogens is 1170 g/mol. The van der Waals surface area contributed by atoms with Crippen LogP contribution in [0, 0.1) is 13.8 Å². The lowest BCUT2D eigenvalue weighted by molar-refractivity contribution is 0.595. The summed E-state index contributed by atoms with van der Waals surface area (Å²) in [4.78, 5) is 0.931. The van der Waals surface area contributed by atoms with Gasteiger partial charge in [-0.25, -0.2) is 42.1 Å². The molecule has 10 nitrogen and oxygen atoms in total. The van der Waals surface area contributed by atoms with E-state index >= 15 is 0 Å². The fraction of sp³-hybridized carbons (Fsp3) is 0.0847. The average Bonchev–Trinajstić information content (AvgIpc) is 3.41. The van der Waals surface area contributed by atoms with Crippen molar-refractivity contribution in [3.63, 3.8) is 0 Å². The van der Waals surface area contributed by atoms with Crippen LogP contribution in [0.25, 0.3) is 0 Å². The summed E-state index contributed by atoms with van der Waals surface area (Å²) in [6, 6.07) is 86.6. The Morgan fingerprint density at radius 2 is 0.397 bits per heavy atom. The van der Waals surface area contributed by atoms with Gasteiger partial charge in [0.05, 0.1) is 25.8 Å². The van der Waals surface area contributed by atoms with Crippen LogP contribution in [-0.2, 0) is 46.8 Å². The molecule has 0 radical (unpaired) electrons. The molecule has 0 spiro atoms. The first kappa shape index (κ1) is 71.9. The maximum absolute atomic E-state index is 12.0. The van der Waals surface area contributed by atoms with Gasteiger partial charge in [-0.1, -0.05) is 247 Å². The largest absolute Gasteiger partial charge is 0.261 e. The van der Waals surface area contributed by atoms with Crippen LogP contribution in [0.4, 0.5) is 0 Å². The summed E-state index contributed by atoms with van der Waals surface area (Å²) < 4.78 is 105. The van der Waals surface area contributed by atoms with E-state index in [1.807, 2.05) is 140 Å². The van der Waals surface area contributed by atoms with Gasteiger partial charge in [-0.15, -0.1) is 0 Å². The summed E-state index contributed by atoms with van der Waals surface area (Å²) in [5.74, 6) is 0. The molecule has 0 aliphatic rings. The second-order valence-corrected chi connectivity index (χ2v) is 28.2. The Bertz CT molecular complexity index is 3130. The Morgan fingerprint density at radius 3 is 0.513 bits per heavy atom. The third-order valence-corrected chi connectivity index (χ3v) is 12.9. The molecule has 0 aromatic heterocycles. The molecule has 0 unspecified atom stereocenters. The van der Waals surface area contributed by atoms with Gasteiger partial charge in [0.15, 0.2) is 0 Å². The predicted octanol–water partition coefficient (Wildman–Crippen LogP) is 15.3. The Labute approximate surface area is 482 Å². The minimum atomic E-state index is -3.53. The van der Waals surface area contributed by atoms with E-state index in [4.69, 9.17) is 33.0 Å². The van der Waals surface area contributed by atoms with E-state index in [1.54, 1.807) is 97.1 Å². The average molecular weight is 1230 g/mol. The van der Waals surface area contributed by atoms with Gasteiger partial charge in [-0.2, -0.15) is 0 Å². The van der Waals surface area contributed by atoms with Gasteiger partial charge < -0.3 is 0 Å². The zero-order chi connectivity index (χ0) is 58.8. The molecule has 0 saturated carbocycles. The molecule has 9 aromatic rings. The van der Waals surface area contributed by atoms with E-state index in [9.17, 15) is 42.1 Å². The van der Waals surface area contributed by atoms with Crippen molar-refractivity contribution in [1.82, 2.24) is 0 Å². The minimum Gasteiger partial charge on any atom is -0.229 e. The Morgan fingerprint density at radius 1 is 0.256 bits per heavy atom. The lowest BCUT2D eigenvalue weighted by Gasteiger charge is -2.03. The number of aryl methyl sites for hydroxylation is 2. The summed E-state index contributed by atoms with van der Waals surface area (Å²) in [5.41, 5.74) is 2.64. The van der Waals surface area contributed by atoms with Crippen LogP contribution >= 0.6 is 43.6 Å². The summed E-state index contributed by atoms with van der Waals surface area (Å²) >= 11 is 5.54. The maximum Gasteiger partial charge on any atom is 0.261 e. The van der Waals surface area contributed by atoms with Crippen molar-refractivity contribution in [2.45, 2.75) is 33.4 Å². The van der Waals surface area contributed by atoms with Gasteiger partial charge in [0.25, 0.3) is 18.1 Å². The molecular formula is C59H62Cl4O10S5. The lowest BCUT2D eigenvalue weighted by Crippen LogP contribution is -2.00. The van der Waals surface area contributed by atoms with Crippen LogP contribution in [-0.4, -0.2) is 60.9 Å². The van der Waals surface area contributed by atoms with Crippen molar-refractivity contribution in [3.05, 3.63) is 301 Å². The Balaban J connectivity index is 0.000000862. The molecule has 0 amide bonds. The van der Waals surface area contributed by atoms with E-state index < -0.39 is 46.8 Å².